The highest BCUT2D eigenvalue weighted by molar-refractivity contribution is 6.05. The van der Waals surface area contributed by atoms with Crippen LogP contribution in [-0.2, 0) is 11.2 Å². The summed E-state index contributed by atoms with van der Waals surface area (Å²) in [5, 5.41) is 13.5. The Kier molecular flexibility index (Phi) is 3.91. The number of hydrogen-bond acceptors (Lipinski definition) is 4. The molecule has 1 saturated carbocycles. The van der Waals surface area contributed by atoms with Gasteiger partial charge in [0.25, 0.3) is 11.6 Å². The lowest BCUT2D eigenvalue weighted by molar-refractivity contribution is -0.384. The average Bonchev–Trinajstić information content (AvgIpc) is 3.41. The number of carbonyl (C=O) groups is 2. The van der Waals surface area contributed by atoms with Gasteiger partial charge in [0.15, 0.2) is 0 Å². The molecule has 26 heavy (non-hydrogen) atoms. The normalized spacial score (nSPS) is 15.5. The van der Waals surface area contributed by atoms with Gasteiger partial charge in [-0.25, -0.2) is 0 Å². The lowest BCUT2D eigenvalue weighted by atomic mass is 10.1. The van der Waals surface area contributed by atoms with Crippen molar-refractivity contribution in [3.63, 3.8) is 0 Å². The summed E-state index contributed by atoms with van der Waals surface area (Å²) in [5.41, 5.74) is 2.84. The molecule has 1 aliphatic heterocycles. The van der Waals surface area contributed by atoms with Crippen molar-refractivity contribution in [2.45, 2.75) is 19.3 Å². The molecule has 2 aliphatic rings. The highest BCUT2D eigenvalue weighted by Gasteiger charge is 2.36. The first kappa shape index (κ1) is 16.3. The first-order valence-corrected chi connectivity index (χ1v) is 8.53. The third kappa shape index (κ3) is 3.03. The first-order valence-electron chi connectivity index (χ1n) is 8.53. The van der Waals surface area contributed by atoms with Crippen molar-refractivity contribution < 1.29 is 14.5 Å². The van der Waals surface area contributed by atoms with Gasteiger partial charge in [0, 0.05) is 41.5 Å². The summed E-state index contributed by atoms with van der Waals surface area (Å²) in [4.78, 5) is 36.8. The number of fused-ring (bicyclic) bond motifs is 1. The van der Waals surface area contributed by atoms with Gasteiger partial charge < -0.3 is 10.2 Å². The molecule has 132 valence electrons. The van der Waals surface area contributed by atoms with E-state index in [1.807, 2.05) is 23.1 Å². The van der Waals surface area contributed by atoms with Crippen LogP contribution in [0.25, 0.3) is 0 Å². The highest BCUT2D eigenvalue weighted by Crippen LogP contribution is 2.37. The second-order valence-electron chi connectivity index (χ2n) is 6.62. The molecule has 7 nitrogen and oxygen atoms in total. The smallest absolute Gasteiger partial charge is 0.269 e. The quantitative estimate of drug-likeness (QED) is 0.676. The zero-order valence-electron chi connectivity index (χ0n) is 14.0. The second kappa shape index (κ2) is 6.25. The lowest BCUT2D eigenvalue weighted by Crippen LogP contribution is -2.30. The topological polar surface area (TPSA) is 92.6 Å². The zero-order valence-corrected chi connectivity index (χ0v) is 14.0. The minimum Gasteiger partial charge on any atom is -0.322 e. The maximum atomic E-state index is 12.4. The monoisotopic (exact) mass is 351 g/mol. The minimum atomic E-state index is -0.506. The largest absolute Gasteiger partial charge is 0.322 e. The maximum Gasteiger partial charge on any atom is 0.269 e. The van der Waals surface area contributed by atoms with E-state index in [4.69, 9.17) is 0 Å². The van der Waals surface area contributed by atoms with E-state index in [0.717, 1.165) is 30.5 Å². The Labute approximate surface area is 149 Å². The van der Waals surface area contributed by atoms with E-state index in [-0.39, 0.29) is 23.4 Å². The van der Waals surface area contributed by atoms with E-state index in [0.29, 0.717) is 17.8 Å². The van der Waals surface area contributed by atoms with E-state index in [1.54, 1.807) is 0 Å². The van der Waals surface area contributed by atoms with Crippen molar-refractivity contribution in [2.24, 2.45) is 5.92 Å². The number of amides is 2. The van der Waals surface area contributed by atoms with Crippen LogP contribution in [0.2, 0.25) is 0 Å². The minimum absolute atomic E-state index is 0.0617. The number of nitrogens with zero attached hydrogens (tertiary/aromatic N) is 2. The first-order chi connectivity index (χ1) is 12.5. The Morgan fingerprint density at radius 1 is 1.12 bits per heavy atom. The van der Waals surface area contributed by atoms with Gasteiger partial charge in [0.1, 0.15) is 0 Å². The summed E-state index contributed by atoms with van der Waals surface area (Å²) < 4.78 is 0. The molecule has 0 spiro atoms. The molecule has 2 amide bonds. The fourth-order valence-electron chi connectivity index (χ4n) is 3.17. The van der Waals surface area contributed by atoms with Gasteiger partial charge in [-0.05, 0) is 49.1 Å². The molecule has 0 atom stereocenters. The summed E-state index contributed by atoms with van der Waals surface area (Å²) in [6.07, 6.45) is 2.74. The fraction of sp³-hybridized carbons (Fsp3) is 0.263. The van der Waals surface area contributed by atoms with E-state index < -0.39 is 4.92 Å². The predicted octanol–water partition coefficient (Wildman–Crippen LogP) is 3.15. The van der Waals surface area contributed by atoms with Crippen LogP contribution >= 0.6 is 0 Å². The van der Waals surface area contributed by atoms with E-state index in [9.17, 15) is 19.7 Å². The van der Waals surface area contributed by atoms with Crippen molar-refractivity contribution in [3.8, 4) is 0 Å². The number of rotatable bonds is 4. The number of benzene rings is 2. The summed E-state index contributed by atoms with van der Waals surface area (Å²) in [5.74, 6) is -0.0279. The van der Waals surface area contributed by atoms with Gasteiger partial charge in [-0.2, -0.15) is 0 Å². The van der Waals surface area contributed by atoms with E-state index in [1.165, 1.54) is 24.3 Å². The molecule has 0 bridgehead atoms. The third-order valence-electron chi connectivity index (χ3n) is 4.77. The number of anilines is 2. The van der Waals surface area contributed by atoms with Crippen LogP contribution in [0.5, 0.6) is 0 Å². The molecule has 1 fully saturated rings. The molecular weight excluding hydrogens is 334 g/mol. The van der Waals surface area contributed by atoms with Crippen molar-refractivity contribution in [1.29, 1.82) is 0 Å². The number of nitro groups is 1. The molecule has 2 aromatic rings. The van der Waals surface area contributed by atoms with Crippen LogP contribution in [0.1, 0.15) is 28.8 Å². The van der Waals surface area contributed by atoms with Crippen molar-refractivity contribution in [2.75, 3.05) is 16.8 Å². The highest BCUT2D eigenvalue weighted by atomic mass is 16.6. The van der Waals surface area contributed by atoms with Gasteiger partial charge in [-0.3, -0.25) is 19.7 Å². The number of nitrogens with one attached hydrogen (secondary N) is 1. The molecule has 0 saturated heterocycles. The molecule has 1 heterocycles. The Morgan fingerprint density at radius 3 is 2.50 bits per heavy atom. The fourth-order valence-corrected chi connectivity index (χ4v) is 3.17. The van der Waals surface area contributed by atoms with E-state index in [2.05, 4.69) is 5.32 Å². The molecular formula is C19H17N3O4. The Bertz CT molecular complexity index is 904. The van der Waals surface area contributed by atoms with Crippen molar-refractivity contribution >= 4 is 28.9 Å². The van der Waals surface area contributed by atoms with Crippen molar-refractivity contribution in [1.82, 2.24) is 0 Å². The number of hydrogen-bond donors (Lipinski definition) is 1. The van der Waals surface area contributed by atoms with Crippen LogP contribution in [0.4, 0.5) is 17.1 Å². The standard InChI is InChI=1S/C19H17N3O4/c23-18(13-4-7-16(8-5-13)22(25)26)20-15-6-3-12-9-10-21(17(12)11-15)19(24)14-1-2-14/h3-8,11,14H,1-2,9-10H2,(H,20,23). The van der Waals surface area contributed by atoms with Gasteiger partial charge in [-0.15, -0.1) is 0 Å². The summed E-state index contributed by atoms with van der Waals surface area (Å²) >= 11 is 0. The molecule has 0 unspecified atom stereocenters. The van der Waals surface area contributed by atoms with Crippen molar-refractivity contribution in [3.05, 3.63) is 63.7 Å². The third-order valence-corrected chi connectivity index (χ3v) is 4.77. The molecule has 1 aliphatic carbocycles. The summed E-state index contributed by atoms with van der Waals surface area (Å²) in [6, 6.07) is 11.0. The number of carbonyl (C=O) groups excluding carboxylic acids is 2. The van der Waals surface area contributed by atoms with Crippen LogP contribution < -0.4 is 10.2 Å². The molecule has 7 heteroatoms. The Hall–Kier alpha value is -3.22. The second-order valence-corrected chi connectivity index (χ2v) is 6.62. The maximum absolute atomic E-state index is 12.4. The Balaban J connectivity index is 1.52. The van der Waals surface area contributed by atoms with Crippen LogP contribution in [0.3, 0.4) is 0 Å². The molecule has 4 rings (SSSR count). The molecule has 2 aromatic carbocycles. The predicted molar refractivity (Wildman–Crippen MR) is 96.3 cm³/mol. The number of nitro benzene ring substituents is 1. The molecule has 0 radical (unpaired) electrons. The summed E-state index contributed by atoms with van der Waals surface area (Å²) in [7, 11) is 0. The van der Waals surface area contributed by atoms with E-state index >= 15 is 0 Å². The SMILES string of the molecule is O=C(Nc1ccc2c(c1)N(C(=O)C1CC1)CC2)c1ccc([N+](=O)[O-])cc1. The molecule has 0 aromatic heterocycles. The van der Waals surface area contributed by atoms with Gasteiger partial charge in [-0.1, -0.05) is 6.07 Å². The molecule has 1 N–H and O–H groups in total. The number of non-ortho nitro benzene ring substituents is 1. The Morgan fingerprint density at radius 2 is 1.85 bits per heavy atom. The summed E-state index contributed by atoms with van der Waals surface area (Å²) in [6.45, 7) is 0.685. The van der Waals surface area contributed by atoms with Gasteiger partial charge in [0.2, 0.25) is 5.91 Å². The van der Waals surface area contributed by atoms with Gasteiger partial charge in [0.05, 0.1) is 4.92 Å². The van der Waals surface area contributed by atoms with Crippen LogP contribution in [0.15, 0.2) is 42.5 Å². The van der Waals surface area contributed by atoms with Gasteiger partial charge >= 0.3 is 0 Å². The van der Waals surface area contributed by atoms with Crippen LogP contribution in [-0.4, -0.2) is 23.3 Å². The zero-order chi connectivity index (χ0) is 18.3. The lowest BCUT2D eigenvalue weighted by Gasteiger charge is -2.18. The average molecular weight is 351 g/mol. The van der Waals surface area contributed by atoms with Crippen LogP contribution in [0, 0.1) is 16.0 Å².